The minimum absolute atomic E-state index is 0.197. The smallest absolute Gasteiger partial charge is 0.276 e. The maximum absolute atomic E-state index is 13.2. The number of rotatable bonds is 6. The van der Waals surface area contributed by atoms with Crippen molar-refractivity contribution in [3.8, 4) is 5.82 Å². The van der Waals surface area contributed by atoms with E-state index in [0.717, 1.165) is 25.2 Å². The van der Waals surface area contributed by atoms with Crippen molar-refractivity contribution < 1.29 is 5.11 Å². The number of anilines is 2. The predicted molar refractivity (Wildman–Crippen MR) is 131 cm³/mol. The first-order valence-electron chi connectivity index (χ1n) is 11.2. The lowest BCUT2D eigenvalue weighted by atomic mass is 10.0. The van der Waals surface area contributed by atoms with Gasteiger partial charge in [0.15, 0.2) is 11.6 Å². The summed E-state index contributed by atoms with van der Waals surface area (Å²) in [6.45, 7) is 9.16. The number of fused-ring (bicyclic) bond motifs is 2. The van der Waals surface area contributed by atoms with Crippen LogP contribution in [0.1, 0.15) is 30.8 Å². The van der Waals surface area contributed by atoms with E-state index >= 15 is 0 Å². The number of benzene rings is 1. The maximum Gasteiger partial charge on any atom is 0.276 e. The molecule has 34 heavy (non-hydrogen) atoms. The molecule has 0 radical (unpaired) electrons. The van der Waals surface area contributed by atoms with Gasteiger partial charge < -0.3 is 15.7 Å². The Labute approximate surface area is 196 Å². The van der Waals surface area contributed by atoms with E-state index in [1.54, 1.807) is 47.7 Å². The highest BCUT2D eigenvalue weighted by atomic mass is 16.3. The quantitative estimate of drug-likeness (QED) is 0.382. The van der Waals surface area contributed by atoms with Crippen LogP contribution in [0.15, 0.2) is 60.2 Å². The zero-order valence-corrected chi connectivity index (χ0v) is 19.2. The topological polar surface area (TPSA) is 110 Å². The Morgan fingerprint density at radius 1 is 1.24 bits per heavy atom. The molecule has 0 spiro atoms. The zero-order chi connectivity index (χ0) is 23.9. The molecule has 0 saturated carbocycles. The highest BCUT2D eigenvalue weighted by Gasteiger charge is 2.22. The van der Waals surface area contributed by atoms with E-state index < -0.39 is 5.60 Å². The molecule has 4 aromatic rings. The van der Waals surface area contributed by atoms with Gasteiger partial charge in [0, 0.05) is 36.8 Å². The molecular weight excluding hydrogens is 430 g/mol. The van der Waals surface area contributed by atoms with Crippen LogP contribution in [0.2, 0.25) is 0 Å². The Balaban J connectivity index is 1.62. The summed E-state index contributed by atoms with van der Waals surface area (Å²) in [5, 5.41) is 17.6. The van der Waals surface area contributed by atoms with Gasteiger partial charge in [-0.15, -0.1) is 6.58 Å². The second-order valence-electron chi connectivity index (χ2n) is 8.91. The first-order valence-corrected chi connectivity index (χ1v) is 11.2. The molecule has 0 saturated heterocycles. The Kier molecular flexibility index (Phi) is 5.51. The summed E-state index contributed by atoms with van der Waals surface area (Å²) in [6, 6.07) is 9.86. The Hall–Kier alpha value is -3.82. The largest absolute Gasteiger partial charge is 0.382 e. The standard InChI is InChI=1S/C25H27N7O2/c1-4-11-31-23(33)19-15-28-21(29-18-6-5-16-7-9-26-14-17(16)12-18)13-20(19)32(31)22-8-10-27-24(30-22)25(2,3)34/h4-6,8,10,12-13,15,26,34H,1,7,9,11,14H2,2-3H3,(H,28,29). The van der Waals surface area contributed by atoms with Gasteiger partial charge in [-0.1, -0.05) is 12.1 Å². The molecule has 9 heteroatoms. The zero-order valence-electron chi connectivity index (χ0n) is 19.2. The van der Waals surface area contributed by atoms with Crippen molar-refractivity contribution in [3.63, 3.8) is 0 Å². The van der Waals surface area contributed by atoms with Gasteiger partial charge in [-0.2, -0.15) is 0 Å². The third-order valence-corrected chi connectivity index (χ3v) is 5.89. The van der Waals surface area contributed by atoms with Gasteiger partial charge in [-0.3, -0.25) is 4.79 Å². The third-order valence-electron chi connectivity index (χ3n) is 5.89. The molecule has 0 atom stereocenters. The average Bonchev–Trinajstić information content (AvgIpc) is 3.10. The van der Waals surface area contributed by atoms with Crippen molar-refractivity contribution in [3.05, 3.63) is 82.7 Å². The van der Waals surface area contributed by atoms with Crippen molar-refractivity contribution in [1.29, 1.82) is 0 Å². The van der Waals surface area contributed by atoms with E-state index in [4.69, 9.17) is 0 Å². The summed E-state index contributed by atoms with van der Waals surface area (Å²) in [4.78, 5) is 26.4. The van der Waals surface area contributed by atoms with Gasteiger partial charge >= 0.3 is 0 Å². The summed E-state index contributed by atoms with van der Waals surface area (Å²) >= 11 is 0. The molecule has 3 aromatic heterocycles. The van der Waals surface area contributed by atoms with E-state index in [2.05, 4.69) is 44.3 Å². The van der Waals surface area contributed by atoms with Crippen LogP contribution in [0.25, 0.3) is 16.7 Å². The summed E-state index contributed by atoms with van der Waals surface area (Å²) in [5.74, 6) is 1.34. The van der Waals surface area contributed by atoms with E-state index in [9.17, 15) is 9.90 Å². The van der Waals surface area contributed by atoms with Gasteiger partial charge in [0.2, 0.25) is 0 Å². The van der Waals surface area contributed by atoms with Gasteiger partial charge in [0.05, 0.1) is 17.4 Å². The molecule has 3 N–H and O–H groups in total. The number of hydrogen-bond donors (Lipinski definition) is 3. The Bertz CT molecular complexity index is 1450. The van der Waals surface area contributed by atoms with Crippen LogP contribution < -0.4 is 16.2 Å². The molecule has 174 valence electrons. The highest BCUT2D eigenvalue weighted by molar-refractivity contribution is 5.82. The van der Waals surface area contributed by atoms with Crippen LogP contribution in [0.5, 0.6) is 0 Å². The number of hydrogen-bond acceptors (Lipinski definition) is 7. The van der Waals surface area contributed by atoms with Crippen LogP contribution in [0.4, 0.5) is 11.5 Å². The number of nitrogens with one attached hydrogen (secondary N) is 2. The molecule has 1 aliphatic rings. The van der Waals surface area contributed by atoms with E-state index in [0.29, 0.717) is 22.5 Å². The maximum atomic E-state index is 13.2. The lowest BCUT2D eigenvalue weighted by Gasteiger charge is -2.18. The van der Waals surface area contributed by atoms with Crippen molar-refractivity contribution in [2.75, 3.05) is 11.9 Å². The molecule has 0 amide bonds. The van der Waals surface area contributed by atoms with Crippen LogP contribution >= 0.6 is 0 Å². The van der Waals surface area contributed by atoms with Crippen molar-refractivity contribution in [1.82, 2.24) is 29.6 Å². The monoisotopic (exact) mass is 457 g/mol. The number of aromatic nitrogens is 5. The molecule has 0 bridgehead atoms. The minimum Gasteiger partial charge on any atom is -0.382 e. The molecule has 1 aromatic carbocycles. The van der Waals surface area contributed by atoms with Crippen LogP contribution in [0, 0.1) is 0 Å². The van der Waals surface area contributed by atoms with Crippen LogP contribution in [0.3, 0.4) is 0 Å². The van der Waals surface area contributed by atoms with E-state index in [1.165, 1.54) is 11.1 Å². The molecule has 5 rings (SSSR count). The third kappa shape index (κ3) is 4.00. The molecule has 4 heterocycles. The molecule has 0 aliphatic carbocycles. The van der Waals surface area contributed by atoms with Crippen molar-refractivity contribution >= 4 is 22.4 Å². The van der Waals surface area contributed by atoms with Crippen molar-refractivity contribution in [2.45, 2.75) is 39.0 Å². The minimum atomic E-state index is -1.22. The summed E-state index contributed by atoms with van der Waals surface area (Å²) in [7, 11) is 0. The summed E-state index contributed by atoms with van der Waals surface area (Å²) in [5.41, 5.74) is 2.78. The van der Waals surface area contributed by atoms with Gasteiger partial charge in [0.25, 0.3) is 5.56 Å². The molecule has 0 fully saturated rings. The highest BCUT2D eigenvalue weighted by Crippen LogP contribution is 2.25. The first-order chi connectivity index (χ1) is 16.3. The fraction of sp³-hybridized carbons (Fsp3) is 0.280. The second-order valence-corrected chi connectivity index (χ2v) is 8.91. The fourth-order valence-corrected chi connectivity index (χ4v) is 4.22. The lowest BCUT2D eigenvalue weighted by Crippen LogP contribution is -2.24. The predicted octanol–water partition coefficient (Wildman–Crippen LogP) is 2.78. The van der Waals surface area contributed by atoms with Crippen LogP contribution in [-0.4, -0.2) is 36.0 Å². The number of allylic oxidation sites excluding steroid dienone is 1. The van der Waals surface area contributed by atoms with Gasteiger partial charge in [-0.05, 0) is 50.1 Å². The van der Waals surface area contributed by atoms with Gasteiger partial charge in [-0.25, -0.2) is 24.3 Å². The number of pyridine rings is 1. The molecule has 9 nitrogen and oxygen atoms in total. The number of aliphatic hydroxyl groups is 1. The second kappa shape index (κ2) is 8.51. The lowest BCUT2D eigenvalue weighted by molar-refractivity contribution is 0.0686. The van der Waals surface area contributed by atoms with Crippen LogP contribution in [-0.2, 0) is 25.1 Å². The molecule has 0 unspecified atom stereocenters. The molecular formula is C25H27N7O2. The summed E-state index contributed by atoms with van der Waals surface area (Å²) < 4.78 is 3.27. The fourth-order valence-electron chi connectivity index (χ4n) is 4.22. The average molecular weight is 458 g/mol. The Morgan fingerprint density at radius 3 is 2.88 bits per heavy atom. The number of nitrogens with zero attached hydrogens (tertiary/aromatic N) is 5. The first kappa shape index (κ1) is 22.0. The van der Waals surface area contributed by atoms with Gasteiger partial charge in [0.1, 0.15) is 11.4 Å². The normalized spacial score (nSPS) is 13.6. The molecule has 1 aliphatic heterocycles. The summed E-state index contributed by atoms with van der Waals surface area (Å²) in [6.07, 6.45) is 5.83. The van der Waals surface area contributed by atoms with E-state index in [-0.39, 0.29) is 17.9 Å². The Morgan fingerprint density at radius 2 is 2.09 bits per heavy atom. The van der Waals surface area contributed by atoms with E-state index in [1.807, 2.05) is 12.1 Å². The SMILES string of the molecule is C=CCn1c(=O)c2cnc(Nc3ccc4c(c3)CNCC4)cc2n1-c1ccnc(C(C)(C)O)n1. The van der Waals surface area contributed by atoms with Crippen molar-refractivity contribution in [2.24, 2.45) is 0 Å².